The Hall–Kier alpha value is -1.49. The van der Waals surface area contributed by atoms with Crippen molar-refractivity contribution < 1.29 is 9.90 Å². The number of nitrogens with zero attached hydrogens (tertiary/aromatic N) is 2. The lowest BCUT2D eigenvalue weighted by molar-refractivity contribution is 0.154. The maximum atomic E-state index is 12.2. The average molecular weight is 279 g/mol. The Balaban J connectivity index is 1.78. The predicted octanol–water partition coefficient (Wildman–Crippen LogP) is 1.51. The van der Waals surface area contributed by atoms with Gasteiger partial charge in [-0.15, -0.1) is 0 Å². The molecule has 2 heterocycles. The second-order valence-electron chi connectivity index (χ2n) is 5.67. The molecule has 0 aliphatic carbocycles. The van der Waals surface area contributed by atoms with Crippen molar-refractivity contribution in [1.82, 2.24) is 14.8 Å². The van der Waals surface area contributed by atoms with Crippen LogP contribution in [-0.2, 0) is 13.5 Å². The van der Waals surface area contributed by atoms with Gasteiger partial charge in [-0.05, 0) is 44.7 Å². The molecule has 112 valence electrons. The number of carbonyl (C=O) groups excluding carboxylic acids is 1. The minimum Gasteiger partial charge on any atom is -0.394 e. The minimum atomic E-state index is -0.0408. The van der Waals surface area contributed by atoms with Gasteiger partial charge in [0.25, 0.3) is 0 Å². The van der Waals surface area contributed by atoms with E-state index >= 15 is 0 Å². The third kappa shape index (κ3) is 3.54. The maximum absolute atomic E-state index is 12.2. The first-order valence-corrected chi connectivity index (χ1v) is 7.40. The zero-order valence-electron chi connectivity index (χ0n) is 12.4. The summed E-state index contributed by atoms with van der Waals surface area (Å²) in [4.78, 5) is 13.9. The summed E-state index contributed by atoms with van der Waals surface area (Å²) < 4.78 is 2.11. The van der Waals surface area contributed by atoms with Crippen LogP contribution in [0.1, 0.15) is 31.9 Å². The van der Waals surface area contributed by atoms with Crippen molar-refractivity contribution in [3.63, 3.8) is 0 Å². The molecule has 0 aromatic carbocycles. The quantitative estimate of drug-likeness (QED) is 0.858. The SMILES string of the molecule is C[C@@H](CCc1cccn1C)NC(=O)N1CCC[C@@H]1CO. The first kappa shape index (κ1) is 14.9. The van der Waals surface area contributed by atoms with Gasteiger partial charge in [-0.3, -0.25) is 0 Å². The lowest BCUT2D eigenvalue weighted by Crippen LogP contribution is -2.47. The van der Waals surface area contributed by atoms with E-state index in [4.69, 9.17) is 0 Å². The van der Waals surface area contributed by atoms with E-state index in [0.717, 1.165) is 32.2 Å². The Kier molecular flexibility index (Phi) is 5.06. The van der Waals surface area contributed by atoms with E-state index in [-0.39, 0.29) is 24.7 Å². The van der Waals surface area contributed by atoms with Crippen LogP contribution in [0.2, 0.25) is 0 Å². The Morgan fingerprint density at radius 3 is 3.05 bits per heavy atom. The summed E-state index contributed by atoms with van der Waals surface area (Å²) in [5.74, 6) is 0. The molecule has 2 rings (SSSR count). The van der Waals surface area contributed by atoms with Gasteiger partial charge < -0.3 is 19.9 Å². The number of nitrogens with one attached hydrogen (secondary N) is 1. The molecule has 2 atom stereocenters. The fourth-order valence-corrected chi connectivity index (χ4v) is 2.78. The number of aliphatic hydroxyl groups excluding tert-OH is 1. The first-order valence-electron chi connectivity index (χ1n) is 7.40. The smallest absolute Gasteiger partial charge is 0.317 e. The molecule has 2 N–H and O–H groups in total. The summed E-state index contributed by atoms with van der Waals surface area (Å²) in [6.07, 6.45) is 5.79. The molecule has 20 heavy (non-hydrogen) atoms. The summed E-state index contributed by atoms with van der Waals surface area (Å²) in [6.45, 7) is 2.84. The highest BCUT2D eigenvalue weighted by molar-refractivity contribution is 5.75. The molecule has 2 amide bonds. The molecule has 1 aromatic rings. The van der Waals surface area contributed by atoms with Gasteiger partial charge in [0.05, 0.1) is 12.6 Å². The zero-order valence-corrected chi connectivity index (χ0v) is 12.4. The van der Waals surface area contributed by atoms with Gasteiger partial charge in [0.2, 0.25) is 0 Å². The molecule has 0 bridgehead atoms. The van der Waals surface area contributed by atoms with Crippen LogP contribution in [0.4, 0.5) is 4.79 Å². The lowest BCUT2D eigenvalue weighted by Gasteiger charge is -2.25. The van der Waals surface area contributed by atoms with E-state index in [1.165, 1.54) is 5.69 Å². The highest BCUT2D eigenvalue weighted by atomic mass is 16.3. The molecule has 1 aliphatic rings. The van der Waals surface area contributed by atoms with Gasteiger partial charge >= 0.3 is 6.03 Å². The van der Waals surface area contributed by atoms with Crippen LogP contribution >= 0.6 is 0 Å². The molecule has 5 nitrogen and oxygen atoms in total. The Morgan fingerprint density at radius 1 is 1.60 bits per heavy atom. The Labute approximate surface area is 120 Å². The highest BCUT2D eigenvalue weighted by Crippen LogP contribution is 2.16. The van der Waals surface area contributed by atoms with E-state index in [0.29, 0.717) is 0 Å². The van der Waals surface area contributed by atoms with E-state index in [2.05, 4.69) is 16.0 Å². The molecule has 0 saturated carbocycles. The van der Waals surface area contributed by atoms with Crippen LogP contribution in [0, 0.1) is 0 Å². The van der Waals surface area contributed by atoms with Crippen LogP contribution in [0.5, 0.6) is 0 Å². The summed E-state index contributed by atoms with van der Waals surface area (Å²) in [5.41, 5.74) is 1.28. The standard InChI is InChI=1S/C15H25N3O2/c1-12(7-8-13-5-3-9-17(13)2)16-15(20)18-10-4-6-14(18)11-19/h3,5,9,12,14,19H,4,6-8,10-11H2,1-2H3,(H,16,20)/t12-,14+/m0/s1. The lowest BCUT2D eigenvalue weighted by atomic mass is 10.1. The van der Waals surface area contributed by atoms with Crippen molar-refractivity contribution in [2.45, 2.75) is 44.7 Å². The van der Waals surface area contributed by atoms with Gasteiger partial charge in [0, 0.05) is 31.5 Å². The highest BCUT2D eigenvalue weighted by Gasteiger charge is 2.28. The summed E-state index contributed by atoms with van der Waals surface area (Å²) in [6, 6.07) is 4.24. The molecular weight excluding hydrogens is 254 g/mol. The number of aliphatic hydroxyl groups is 1. The molecular formula is C15H25N3O2. The number of carbonyl (C=O) groups is 1. The molecule has 0 spiro atoms. The monoisotopic (exact) mass is 279 g/mol. The molecule has 0 radical (unpaired) electrons. The number of amides is 2. The third-order valence-electron chi connectivity index (χ3n) is 4.10. The number of aryl methyl sites for hydroxylation is 2. The molecule has 1 saturated heterocycles. The number of hydrogen-bond donors (Lipinski definition) is 2. The molecule has 5 heteroatoms. The third-order valence-corrected chi connectivity index (χ3v) is 4.10. The maximum Gasteiger partial charge on any atom is 0.317 e. The minimum absolute atomic E-state index is 0.00456. The topological polar surface area (TPSA) is 57.5 Å². The van der Waals surface area contributed by atoms with Crippen LogP contribution in [0.3, 0.4) is 0 Å². The van der Waals surface area contributed by atoms with Crippen molar-refractivity contribution in [3.8, 4) is 0 Å². The fraction of sp³-hybridized carbons (Fsp3) is 0.667. The molecule has 1 aromatic heterocycles. The second kappa shape index (κ2) is 6.79. The van der Waals surface area contributed by atoms with E-state index in [9.17, 15) is 9.90 Å². The number of rotatable bonds is 5. The van der Waals surface area contributed by atoms with E-state index in [1.807, 2.05) is 26.2 Å². The van der Waals surface area contributed by atoms with Gasteiger partial charge in [-0.25, -0.2) is 4.79 Å². The molecule has 0 unspecified atom stereocenters. The van der Waals surface area contributed by atoms with Crippen molar-refractivity contribution in [1.29, 1.82) is 0 Å². The number of likely N-dealkylation sites (tertiary alicyclic amines) is 1. The number of urea groups is 1. The Morgan fingerprint density at radius 2 is 2.40 bits per heavy atom. The van der Waals surface area contributed by atoms with Crippen molar-refractivity contribution in [2.24, 2.45) is 7.05 Å². The second-order valence-corrected chi connectivity index (χ2v) is 5.67. The Bertz CT molecular complexity index is 444. The fourth-order valence-electron chi connectivity index (χ4n) is 2.78. The van der Waals surface area contributed by atoms with E-state index < -0.39 is 0 Å². The van der Waals surface area contributed by atoms with Crippen LogP contribution < -0.4 is 5.32 Å². The molecule has 1 fully saturated rings. The first-order chi connectivity index (χ1) is 9.61. The number of hydrogen-bond acceptors (Lipinski definition) is 2. The van der Waals surface area contributed by atoms with Gasteiger partial charge in [-0.2, -0.15) is 0 Å². The largest absolute Gasteiger partial charge is 0.394 e. The van der Waals surface area contributed by atoms with Crippen LogP contribution in [0.25, 0.3) is 0 Å². The summed E-state index contributed by atoms with van der Waals surface area (Å²) in [7, 11) is 2.04. The van der Waals surface area contributed by atoms with Gasteiger partial charge in [-0.1, -0.05) is 0 Å². The van der Waals surface area contributed by atoms with Crippen LogP contribution in [0.15, 0.2) is 18.3 Å². The van der Waals surface area contributed by atoms with Gasteiger partial charge in [0.15, 0.2) is 0 Å². The zero-order chi connectivity index (χ0) is 14.5. The summed E-state index contributed by atoms with van der Waals surface area (Å²) >= 11 is 0. The normalized spacial score (nSPS) is 20.1. The number of aromatic nitrogens is 1. The predicted molar refractivity (Wildman–Crippen MR) is 78.5 cm³/mol. The van der Waals surface area contributed by atoms with Crippen molar-refractivity contribution >= 4 is 6.03 Å². The van der Waals surface area contributed by atoms with Crippen LogP contribution in [-0.4, -0.2) is 45.8 Å². The van der Waals surface area contributed by atoms with E-state index in [1.54, 1.807) is 4.90 Å². The summed E-state index contributed by atoms with van der Waals surface area (Å²) in [5, 5.41) is 12.3. The van der Waals surface area contributed by atoms with Crippen molar-refractivity contribution in [3.05, 3.63) is 24.0 Å². The average Bonchev–Trinajstić information content (AvgIpc) is 3.04. The van der Waals surface area contributed by atoms with Crippen molar-refractivity contribution in [2.75, 3.05) is 13.2 Å². The van der Waals surface area contributed by atoms with Gasteiger partial charge in [0.1, 0.15) is 0 Å². The molecule has 1 aliphatic heterocycles.